The quantitative estimate of drug-likeness (QED) is 0.539. The van der Waals surface area contributed by atoms with Gasteiger partial charge in [-0.15, -0.1) is 0 Å². The van der Waals surface area contributed by atoms with E-state index in [0.717, 1.165) is 27.5 Å². The summed E-state index contributed by atoms with van der Waals surface area (Å²) in [6.45, 7) is 11.7. The fourth-order valence-corrected chi connectivity index (χ4v) is 3.28. The summed E-state index contributed by atoms with van der Waals surface area (Å²) < 4.78 is 5.70. The van der Waals surface area contributed by atoms with Crippen LogP contribution < -0.4 is 20.3 Å². The lowest BCUT2D eigenvalue weighted by Gasteiger charge is -2.19. The number of hydrogen-bond acceptors (Lipinski definition) is 3. The topological polar surface area (TPSA) is 71.9 Å². The molecule has 0 aliphatic rings. The van der Waals surface area contributed by atoms with Crippen molar-refractivity contribution in [2.45, 2.75) is 40.0 Å². The Kier molecular flexibility index (Phi) is 8.63. The largest absolute Gasteiger partial charge is 0.492 e. The summed E-state index contributed by atoms with van der Waals surface area (Å²) in [5.41, 5.74) is 4.25. The lowest BCUT2D eigenvalue weighted by atomic mass is 9.87. The minimum atomic E-state index is -0.107. The number of anilines is 1. The predicted molar refractivity (Wildman–Crippen MR) is 125 cm³/mol. The Balaban J connectivity index is 1.68. The molecule has 168 valence electrons. The molecule has 1 unspecified atom stereocenters. The van der Waals surface area contributed by atoms with Gasteiger partial charge < -0.3 is 20.3 Å². The summed E-state index contributed by atoms with van der Waals surface area (Å²) in [6.07, 6.45) is 0. The molecule has 1 atom stereocenters. The fraction of sp³-hybridized carbons (Fsp3) is 0.440. The normalized spacial score (nSPS) is 12.2. The van der Waals surface area contributed by atoms with Crippen LogP contribution >= 0.6 is 0 Å². The minimum absolute atomic E-state index is 0.107. The molecule has 0 spiro atoms. The number of ether oxygens (including phenoxy) is 1. The average molecular weight is 427 g/mol. The Hall–Kier alpha value is -2.86. The van der Waals surface area contributed by atoms with E-state index in [4.69, 9.17) is 4.74 Å². The Labute approximate surface area is 186 Å². The number of nitrogens with one attached hydrogen (secondary N) is 3. The Morgan fingerprint density at radius 2 is 1.52 bits per heavy atom. The number of quaternary nitrogens is 1. The van der Waals surface area contributed by atoms with E-state index in [1.165, 1.54) is 5.56 Å². The van der Waals surface area contributed by atoms with Crippen LogP contribution in [0.15, 0.2) is 42.5 Å². The van der Waals surface area contributed by atoms with Crippen molar-refractivity contribution in [2.24, 2.45) is 0 Å². The second-order valence-electron chi connectivity index (χ2n) is 9.10. The number of aryl methyl sites for hydroxylation is 2. The van der Waals surface area contributed by atoms with Crippen molar-refractivity contribution in [1.29, 1.82) is 0 Å². The lowest BCUT2D eigenvalue weighted by Crippen LogP contribution is -3.11. The smallest absolute Gasteiger partial charge is 0.279 e. The van der Waals surface area contributed by atoms with Gasteiger partial charge in [0.15, 0.2) is 13.1 Å². The van der Waals surface area contributed by atoms with Crippen molar-refractivity contribution in [2.75, 3.05) is 38.6 Å². The number of carbonyl (C=O) groups excluding carboxylic acids is 2. The molecule has 0 aromatic heterocycles. The zero-order valence-corrected chi connectivity index (χ0v) is 19.6. The maximum Gasteiger partial charge on any atom is 0.279 e. The molecular formula is C25H36N3O3+. The first-order valence-corrected chi connectivity index (χ1v) is 10.7. The molecule has 2 amide bonds. The van der Waals surface area contributed by atoms with Crippen molar-refractivity contribution in [3.8, 4) is 5.75 Å². The second kappa shape index (κ2) is 11.0. The Morgan fingerprint density at radius 1 is 0.935 bits per heavy atom. The molecule has 3 N–H and O–H groups in total. The number of amides is 2. The summed E-state index contributed by atoms with van der Waals surface area (Å²) in [7, 11) is 1.83. The number of benzene rings is 2. The molecule has 0 aliphatic carbocycles. The van der Waals surface area contributed by atoms with Crippen LogP contribution in [-0.4, -0.2) is 45.1 Å². The van der Waals surface area contributed by atoms with Crippen LogP contribution in [0.1, 0.15) is 37.5 Å². The van der Waals surface area contributed by atoms with Gasteiger partial charge in [0.2, 0.25) is 0 Å². The summed E-state index contributed by atoms with van der Waals surface area (Å²) in [6, 6.07) is 13.9. The summed E-state index contributed by atoms with van der Waals surface area (Å²) >= 11 is 0. The van der Waals surface area contributed by atoms with Gasteiger partial charge in [-0.3, -0.25) is 9.59 Å². The highest BCUT2D eigenvalue weighted by Crippen LogP contribution is 2.24. The van der Waals surface area contributed by atoms with Crippen molar-refractivity contribution in [3.05, 3.63) is 59.2 Å². The third-order valence-electron chi connectivity index (χ3n) is 5.08. The van der Waals surface area contributed by atoms with Crippen molar-refractivity contribution in [1.82, 2.24) is 5.32 Å². The SMILES string of the molecule is Cc1cccc(C)c1NC(=O)C[NH+](C)CC(=O)NCCOc1ccc(C(C)(C)C)cc1. The number of para-hydroxylation sites is 1. The molecule has 2 rings (SSSR count). The van der Waals surface area contributed by atoms with Crippen LogP contribution in [0.25, 0.3) is 0 Å². The van der Waals surface area contributed by atoms with E-state index in [0.29, 0.717) is 13.2 Å². The van der Waals surface area contributed by atoms with Crippen LogP contribution in [0.5, 0.6) is 5.75 Å². The van der Waals surface area contributed by atoms with Gasteiger partial charge in [0.1, 0.15) is 12.4 Å². The molecule has 0 saturated carbocycles. The molecule has 0 saturated heterocycles. The number of hydrogen-bond donors (Lipinski definition) is 3. The summed E-state index contributed by atoms with van der Waals surface area (Å²) in [5.74, 6) is 0.571. The third kappa shape index (κ3) is 8.06. The van der Waals surface area contributed by atoms with Crippen molar-refractivity contribution >= 4 is 17.5 Å². The van der Waals surface area contributed by atoms with E-state index in [-0.39, 0.29) is 30.3 Å². The monoisotopic (exact) mass is 426 g/mol. The van der Waals surface area contributed by atoms with Crippen LogP contribution in [0, 0.1) is 13.8 Å². The summed E-state index contributed by atoms with van der Waals surface area (Å²) in [5, 5.41) is 5.80. The maximum absolute atomic E-state index is 12.3. The molecular weight excluding hydrogens is 390 g/mol. The van der Waals surface area contributed by atoms with E-state index in [2.05, 4.69) is 43.5 Å². The first-order valence-electron chi connectivity index (χ1n) is 10.7. The van der Waals surface area contributed by atoms with E-state index in [1.54, 1.807) is 0 Å². The molecule has 0 radical (unpaired) electrons. The van der Waals surface area contributed by atoms with Gasteiger partial charge in [-0.1, -0.05) is 51.1 Å². The van der Waals surface area contributed by atoms with E-state index in [1.807, 2.05) is 51.2 Å². The number of carbonyl (C=O) groups is 2. The molecule has 2 aromatic rings. The van der Waals surface area contributed by atoms with Crippen LogP contribution in [0.2, 0.25) is 0 Å². The van der Waals surface area contributed by atoms with E-state index >= 15 is 0 Å². The highest BCUT2D eigenvalue weighted by molar-refractivity contribution is 5.93. The molecule has 6 nitrogen and oxygen atoms in total. The van der Waals surface area contributed by atoms with Gasteiger partial charge in [0.25, 0.3) is 11.8 Å². The van der Waals surface area contributed by atoms with Gasteiger partial charge in [-0.05, 0) is 48.1 Å². The second-order valence-corrected chi connectivity index (χ2v) is 9.10. The van der Waals surface area contributed by atoms with Crippen LogP contribution in [0.4, 0.5) is 5.69 Å². The Bertz CT molecular complexity index is 866. The van der Waals surface area contributed by atoms with Gasteiger partial charge in [-0.25, -0.2) is 0 Å². The fourth-order valence-electron chi connectivity index (χ4n) is 3.28. The van der Waals surface area contributed by atoms with Gasteiger partial charge in [0.05, 0.1) is 13.6 Å². The predicted octanol–water partition coefficient (Wildman–Crippen LogP) is 2.25. The zero-order valence-electron chi connectivity index (χ0n) is 19.6. The molecule has 6 heteroatoms. The average Bonchev–Trinajstić information content (AvgIpc) is 2.68. The Morgan fingerprint density at radius 3 is 2.10 bits per heavy atom. The first-order chi connectivity index (χ1) is 14.6. The molecule has 2 aromatic carbocycles. The summed E-state index contributed by atoms with van der Waals surface area (Å²) in [4.78, 5) is 25.3. The molecule has 0 fully saturated rings. The zero-order chi connectivity index (χ0) is 23.0. The van der Waals surface area contributed by atoms with Gasteiger partial charge in [-0.2, -0.15) is 0 Å². The molecule has 31 heavy (non-hydrogen) atoms. The maximum atomic E-state index is 12.3. The van der Waals surface area contributed by atoms with E-state index < -0.39 is 0 Å². The molecule has 0 aliphatic heterocycles. The first kappa shape index (κ1) is 24.4. The van der Waals surface area contributed by atoms with Crippen molar-refractivity contribution in [3.63, 3.8) is 0 Å². The highest BCUT2D eigenvalue weighted by Gasteiger charge is 2.16. The van der Waals surface area contributed by atoms with Crippen molar-refractivity contribution < 1.29 is 19.2 Å². The van der Waals surface area contributed by atoms with Crippen LogP contribution in [-0.2, 0) is 15.0 Å². The highest BCUT2D eigenvalue weighted by atomic mass is 16.5. The molecule has 0 bridgehead atoms. The lowest BCUT2D eigenvalue weighted by molar-refractivity contribution is -0.862. The van der Waals surface area contributed by atoms with Gasteiger partial charge >= 0.3 is 0 Å². The number of rotatable bonds is 9. The van der Waals surface area contributed by atoms with Crippen LogP contribution in [0.3, 0.4) is 0 Å². The molecule has 0 heterocycles. The number of likely N-dealkylation sites (N-methyl/N-ethyl adjacent to an activating group) is 1. The third-order valence-corrected chi connectivity index (χ3v) is 5.08. The van der Waals surface area contributed by atoms with E-state index in [9.17, 15) is 9.59 Å². The standard InChI is InChI=1S/C25H35N3O3/c1-18-8-7-9-19(2)24(18)27-23(30)17-28(6)16-22(29)26-14-15-31-21-12-10-20(11-13-21)25(3,4)5/h7-13H,14-17H2,1-6H3,(H,26,29)(H,27,30)/p+1. The minimum Gasteiger partial charge on any atom is -0.492 e. The van der Waals surface area contributed by atoms with Gasteiger partial charge in [0, 0.05) is 5.69 Å².